The number of carbonyl (C=O) groups excluding carboxylic acids is 1. The van der Waals surface area contributed by atoms with Gasteiger partial charge in [0.15, 0.2) is 0 Å². The van der Waals surface area contributed by atoms with E-state index in [1.807, 2.05) is 47.4 Å². The van der Waals surface area contributed by atoms with Crippen LogP contribution in [0.2, 0.25) is 0 Å². The standard InChI is InChI=1S/C19H20N2O3/c22-18(15-5-2-1-3-6-15)21-10-8-19(14-21)11-17(13-23-19)24-16-7-4-9-20-12-16/h1-7,9,12,17H,8,10-11,13-14H2/t17-,19-/m1/s1. The minimum atomic E-state index is -0.267. The van der Waals surface area contributed by atoms with E-state index in [0.29, 0.717) is 13.2 Å². The largest absolute Gasteiger partial charge is 0.486 e. The Hall–Kier alpha value is -2.40. The van der Waals surface area contributed by atoms with Gasteiger partial charge in [-0.25, -0.2) is 0 Å². The van der Waals surface area contributed by atoms with Crippen molar-refractivity contribution < 1.29 is 14.3 Å². The molecule has 2 fully saturated rings. The molecule has 124 valence electrons. The summed E-state index contributed by atoms with van der Waals surface area (Å²) in [6.07, 6.45) is 5.12. The number of amides is 1. The molecule has 24 heavy (non-hydrogen) atoms. The van der Waals surface area contributed by atoms with Crippen LogP contribution in [0.1, 0.15) is 23.2 Å². The van der Waals surface area contributed by atoms with Crippen molar-refractivity contribution in [2.24, 2.45) is 0 Å². The Morgan fingerprint density at radius 3 is 2.92 bits per heavy atom. The maximum absolute atomic E-state index is 12.6. The summed E-state index contributed by atoms with van der Waals surface area (Å²) in [6, 6.07) is 13.2. The molecule has 0 saturated carbocycles. The van der Waals surface area contributed by atoms with Crippen LogP contribution >= 0.6 is 0 Å². The van der Waals surface area contributed by atoms with Gasteiger partial charge in [0.25, 0.3) is 5.91 Å². The van der Waals surface area contributed by atoms with E-state index in [0.717, 1.165) is 30.7 Å². The van der Waals surface area contributed by atoms with Gasteiger partial charge in [0.05, 0.1) is 24.9 Å². The summed E-state index contributed by atoms with van der Waals surface area (Å²) < 4.78 is 12.0. The Kier molecular flexibility index (Phi) is 3.94. The molecule has 1 aromatic carbocycles. The van der Waals surface area contributed by atoms with Gasteiger partial charge in [-0.05, 0) is 30.7 Å². The van der Waals surface area contributed by atoms with Crippen LogP contribution in [0.25, 0.3) is 0 Å². The van der Waals surface area contributed by atoms with Crippen molar-refractivity contribution in [2.45, 2.75) is 24.5 Å². The molecule has 2 aliphatic heterocycles. The molecule has 2 atom stereocenters. The monoisotopic (exact) mass is 324 g/mol. The highest BCUT2D eigenvalue weighted by atomic mass is 16.6. The van der Waals surface area contributed by atoms with E-state index in [2.05, 4.69) is 4.98 Å². The van der Waals surface area contributed by atoms with Gasteiger partial charge < -0.3 is 14.4 Å². The molecule has 1 amide bonds. The number of ether oxygens (including phenoxy) is 2. The lowest BCUT2D eigenvalue weighted by Gasteiger charge is -2.23. The highest BCUT2D eigenvalue weighted by Crippen LogP contribution is 2.37. The molecule has 1 spiro atoms. The molecule has 0 unspecified atom stereocenters. The van der Waals surface area contributed by atoms with E-state index in [4.69, 9.17) is 9.47 Å². The molecule has 0 aliphatic carbocycles. The normalized spacial score (nSPS) is 26.0. The van der Waals surface area contributed by atoms with E-state index in [1.165, 1.54) is 0 Å². The molecule has 2 saturated heterocycles. The Balaban J connectivity index is 1.39. The molecule has 4 rings (SSSR count). The summed E-state index contributed by atoms with van der Waals surface area (Å²) in [5.41, 5.74) is 0.466. The van der Waals surface area contributed by atoms with Crippen LogP contribution in [-0.4, -0.2) is 47.2 Å². The van der Waals surface area contributed by atoms with Crippen molar-refractivity contribution in [3.8, 4) is 5.75 Å². The minimum absolute atomic E-state index is 0.0148. The van der Waals surface area contributed by atoms with E-state index in [9.17, 15) is 4.79 Å². The number of pyridine rings is 1. The molecule has 1 aromatic heterocycles. The highest BCUT2D eigenvalue weighted by Gasteiger charge is 2.47. The topological polar surface area (TPSA) is 51.7 Å². The quantitative estimate of drug-likeness (QED) is 0.870. The molecule has 0 N–H and O–H groups in total. The Bertz CT molecular complexity index is 707. The third-order valence-corrected chi connectivity index (χ3v) is 4.74. The second-order valence-electron chi connectivity index (χ2n) is 6.47. The first-order valence-corrected chi connectivity index (χ1v) is 8.29. The van der Waals surface area contributed by atoms with Crippen LogP contribution in [0, 0.1) is 0 Å². The van der Waals surface area contributed by atoms with Crippen LogP contribution in [0.15, 0.2) is 54.9 Å². The zero-order valence-corrected chi connectivity index (χ0v) is 13.4. The van der Waals surface area contributed by atoms with Gasteiger partial charge in [-0.2, -0.15) is 0 Å². The Morgan fingerprint density at radius 2 is 2.12 bits per heavy atom. The van der Waals surface area contributed by atoms with Crippen LogP contribution < -0.4 is 4.74 Å². The van der Waals surface area contributed by atoms with Crippen molar-refractivity contribution in [3.05, 3.63) is 60.4 Å². The third kappa shape index (κ3) is 2.99. The fourth-order valence-electron chi connectivity index (χ4n) is 3.55. The average Bonchev–Trinajstić information content (AvgIpc) is 3.23. The van der Waals surface area contributed by atoms with Gasteiger partial charge in [0.1, 0.15) is 11.9 Å². The van der Waals surface area contributed by atoms with Crippen LogP contribution in [0.5, 0.6) is 5.75 Å². The number of hydrogen-bond acceptors (Lipinski definition) is 4. The summed E-state index contributed by atoms with van der Waals surface area (Å²) in [5, 5.41) is 0. The second-order valence-corrected chi connectivity index (χ2v) is 6.47. The van der Waals surface area contributed by atoms with Gasteiger partial charge in [0.2, 0.25) is 0 Å². The predicted octanol–water partition coefficient (Wildman–Crippen LogP) is 2.53. The van der Waals surface area contributed by atoms with Crippen molar-refractivity contribution in [1.82, 2.24) is 9.88 Å². The molecule has 0 radical (unpaired) electrons. The molecule has 2 aromatic rings. The number of rotatable bonds is 3. The maximum atomic E-state index is 12.6. The predicted molar refractivity (Wildman–Crippen MR) is 88.9 cm³/mol. The molecule has 5 nitrogen and oxygen atoms in total. The van der Waals surface area contributed by atoms with E-state index >= 15 is 0 Å². The third-order valence-electron chi connectivity index (χ3n) is 4.74. The fourth-order valence-corrected chi connectivity index (χ4v) is 3.55. The molecule has 3 heterocycles. The van der Waals surface area contributed by atoms with Crippen molar-refractivity contribution >= 4 is 5.91 Å². The lowest BCUT2D eigenvalue weighted by Crippen LogP contribution is -2.36. The number of aromatic nitrogens is 1. The average molecular weight is 324 g/mol. The first-order chi connectivity index (χ1) is 11.7. The van der Waals surface area contributed by atoms with Gasteiger partial charge in [-0.15, -0.1) is 0 Å². The summed E-state index contributed by atoms with van der Waals surface area (Å²) in [7, 11) is 0. The lowest BCUT2D eigenvalue weighted by atomic mass is 9.98. The fraction of sp³-hybridized carbons (Fsp3) is 0.368. The lowest BCUT2D eigenvalue weighted by molar-refractivity contribution is 0.00995. The number of benzene rings is 1. The zero-order valence-electron chi connectivity index (χ0n) is 13.4. The summed E-state index contributed by atoms with van der Waals surface area (Å²) in [5.74, 6) is 0.839. The summed E-state index contributed by atoms with van der Waals surface area (Å²) in [6.45, 7) is 1.92. The minimum Gasteiger partial charge on any atom is -0.486 e. The van der Waals surface area contributed by atoms with E-state index in [-0.39, 0.29) is 17.6 Å². The van der Waals surface area contributed by atoms with Gasteiger partial charge >= 0.3 is 0 Å². The number of nitrogens with zero attached hydrogens (tertiary/aromatic N) is 2. The smallest absolute Gasteiger partial charge is 0.253 e. The first kappa shape index (κ1) is 15.1. The molecular weight excluding hydrogens is 304 g/mol. The summed E-state index contributed by atoms with van der Waals surface area (Å²) in [4.78, 5) is 18.5. The van der Waals surface area contributed by atoms with Gasteiger partial charge in [-0.3, -0.25) is 9.78 Å². The second kappa shape index (κ2) is 6.24. The Labute approximate surface area is 141 Å². The molecule has 0 bridgehead atoms. The van der Waals surface area contributed by atoms with Gasteiger partial charge in [0, 0.05) is 24.7 Å². The SMILES string of the molecule is O=C(c1ccccc1)N1CC[C@@]2(C[C@@H](Oc3cccnc3)CO2)C1. The van der Waals surface area contributed by atoms with Crippen LogP contribution in [0.4, 0.5) is 0 Å². The van der Waals surface area contributed by atoms with Crippen molar-refractivity contribution in [3.63, 3.8) is 0 Å². The van der Waals surface area contributed by atoms with Crippen molar-refractivity contribution in [1.29, 1.82) is 0 Å². The van der Waals surface area contributed by atoms with Crippen LogP contribution in [0.3, 0.4) is 0 Å². The van der Waals surface area contributed by atoms with E-state index in [1.54, 1.807) is 12.4 Å². The first-order valence-electron chi connectivity index (χ1n) is 8.29. The molecule has 5 heteroatoms. The number of carbonyl (C=O) groups is 1. The summed E-state index contributed by atoms with van der Waals surface area (Å²) >= 11 is 0. The number of likely N-dealkylation sites (tertiary alicyclic amines) is 1. The molecule has 2 aliphatic rings. The highest BCUT2D eigenvalue weighted by molar-refractivity contribution is 5.94. The maximum Gasteiger partial charge on any atom is 0.253 e. The zero-order chi connectivity index (χ0) is 16.4. The van der Waals surface area contributed by atoms with E-state index < -0.39 is 0 Å². The Morgan fingerprint density at radius 1 is 1.25 bits per heavy atom. The van der Waals surface area contributed by atoms with Crippen LogP contribution in [-0.2, 0) is 4.74 Å². The molecular formula is C19H20N2O3. The number of hydrogen-bond donors (Lipinski definition) is 0. The van der Waals surface area contributed by atoms with Crippen molar-refractivity contribution in [2.75, 3.05) is 19.7 Å². The van der Waals surface area contributed by atoms with Gasteiger partial charge in [-0.1, -0.05) is 18.2 Å².